The molecule has 1 rings (SSSR count). The number of benzene rings is 1. The molecule has 0 amide bonds. The van der Waals surface area contributed by atoms with Crippen LogP contribution in [0.2, 0.25) is 0 Å². The van der Waals surface area contributed by atoms with E-state index in [9.17, 15) is 0 Å². The first-order valence-corrected chi connectivity index (χ1v) is 6.20. The minimum atomic E-state index is 0.151. The quantitative estimate of drug-likeness (QED) is 0.631. The molecule has 78 valence electrons. The van der Waals surface area contributed by atoms with Crippen LogP contribution in [0.4, 0.5) is 0 Å². The number of methoxy groups -OCH3 is 1. The topological polar surface area (TPSA) is 18.5 Å². The van der Waals surface area contributed by atoms with E-state index >= 15 is 0 Å². The zero-order chi connectivity index (χ0) is 10.6. The summed E-state index contributed by atoms with van der Waals surface area (Å²) in [6.07, 6.45) is 0.151. The summed E-state index contributed by atoms with van der Waals surface area (Å²) in [6, 6.07) is 5.77. The lowest BCUT2D eigenvalue weighted by molar-refractivity contribution is 0.230. The fraction of sp³-hybridized carbons (Fsp3) is 0.400. The van der Waals surface area contributed by atoms with Crippen LogP contribution in [-0.2, 0) is 0 Å². The zero-order valence-corrected chi connectivity index (χ0v) is 10.2. The molecule has 0 fully saturated rings. The molecule has 14 heavy (non-hydrogen) atoms. The van der Waals surface area contributed by atoms with Crippen LogP contribution >= 0.6 is 22.5 Å². The minimum Gasteiger partial charge on any atom is -0.493 e. The number of hydrogen-bond donors (Lipinski definition) is 1. The lowest BCUT2D eigenvalue weighted by Crippen LogP contribution is -2.06. The number of rotatable bonds is 4. The summed E-state index contributed by atoms with van der Waals surface area (Å²) >= 11 is 4.12. The molecule has 0 aliphatic carbocycles. The Bertz CT molecular complexity index is 300. The van der Waals surface area contributed by atoms with Gasteiger partial charge in [0.15, 0.2) is 11.5 Å². The summed E-state index contributed by atoms with van der Waals surface area (Å²) in [4.78, 5) is 1.04. The Hall–Kier alpha value is -0.480. The third kappa shape index (κ3) is 3.03. The maximum Gasteiger partial charge on any atom is 0.161 e. The standard InChI is InChI=1S/C10H14O2S2/c1-7(2)12-9-5-4-8(14-13)6-10(9)11-3/h4-7,13H,1-3H3. The highest BCUT2D eigenvalue weighted by atomic mass is 33.1. The van der Waals surface area contributed by atoms with Crippen LogP contribution in [-0.4, -0.2) is 13.2 Å². The summed E-state index contributed by atoms with van der Waals surface area (Å²) in [7, 11) is 3.02. The molecule has 0 aromatic heterocycles. The second-order valence-electron chi connectivity index (χ2n) is 3.07. The van der Waals surface area contributed by atoms with Crippen molar-refractivity contribution >= 4 is 22.5 Å². The van der Waals surface area contributed by atoms with Crippen LogP contribution in [0.1, 0.15) is 13.8 Å². The molecular weight excluding hydrogens is 216 g/mol. The molecule has 1 aromatic rings. The van der Waals surface area contributed by atoms with Crippen LogP contribution in [0.5, 0.6) is 11.5 Å². The summed E-state index contributed by atoms with van der Waals surface area (Å²) < 4.78 is 10.8. The zero-order valence-electron chi connectivity index (χ0n) is 8.48. The van der Waals surface area contributed by atoms with Gasteiger partial charge in [-0.2, -0.15) is 0 Å². The van der Waals surface area contributed by atoms with Crippen molar-refractivity contribution in [2.45, 2.75) is 24.8 Å². The van der Waals surface area contributed by atoms with Crippen molar-refractivity contribution in [2.75, 3.05) is 7.11 Å². The Morgan fingerprint density at radius 1 is 1.29 bits per heavy atom. The maximum absolute atomic E-state index is 5.58. The molecule has 4 heteroatoms. The first-order valence-electron chi connectivity index (χ1n) is 4.33. The second kappa shape index (κ2) is 5.41. The van der Waals surface area contributed by atoms with Gasteiger partial charge in [0, 0.05) is 4.90 Å². The highest BCUT2D eigenvalue weighted by Crippen LogP contribution is 2.33. The van der Waals surface area contributed by atoms with Gasteiger partial charge < -0.3 is 9.47 Å². The largest absolute Gasteiger partial charge is 0.493 e. The van der Waals surface area contributed by atoms with E-state index in [1.807, 2.05) is 32.0 Å². The predicted molar refractivity (Wildman–Crippen MR) is 63.6 cm³/mol. The molecule has 0 aliphatic rings. The van der Waals surface area contributed by atoms with Gasteiger partial charge in [0.25, 0.3) is 0 Å². The number of thiol groups is 1. The van der Waals surface area contributed by atoms with Crippen LogP contribution in [0.3, 0.4) is 0 Å². The van der Waals surface area contributed by atoms with Crippen molar-refractivity contribution in [3.63, 3.8) is 0 Å². The first-order chi connectivity index (χ1) is 6.67. The Kier molecular flexibility index (Phi) is 4.48. The fourth-order valence-corrected chi connectivity index (χ4v) is 1.69. The fourth-order valence-electron chi connectivity index (χ4n) is 1.06. The molecular formula is C10H14O2S2. The van der Waals surface area contributed by atoms with Gasteiger partial charge in [-0.15, -0.1) is 11.7 Å². The van der Waals surface area contributed by atoms with Gasteiger partial charge in [0.1, 0.15) is 0 Å². The SMILES string of the molecule is COc1cc(SS)ccc1OC(C)C. The molecule has 0 N–H and O–H groups in total. The van der Waals surface area contributed by atoms with Crippen molar-refractivity contribution in [1.82, 2.24) is 0 Å². The van der Waals surface area contributed by atoms with Crippen LogP contribution in [0, 0.1) is 0 Å². The molecule has 0 saturated heterocycles. The average Bonchev–Trinajstić information content (AvgIpc) is 2.17. The Morgan fingerprint density at radius 3 is 2.50 bits per heavy atom. The summed E-state index contributed by atoms with van der Waals surface area (Å²) in [5, 5.41) is 0. The van der Waals surface area contributed by atoms with Crippen molar-refractivity contribution in [3.8, 4) is 11.5 Å². The predicted octanol–water partition coefficient (Wildman–Crippen LogP) is 3.42. The molecule has 0 spiro atoms. The van der Waals surface area contributed by atoms with E-state index in [2.05, 4.69) is 11.7 Å². The highest BCUT2D eigenvalue weighted by molar-refractivity contribution is 8.68. The Balaban J connectivity index is 2.93. The smallest absolute Gasteiger partial charge is 0.161 e. The van der Waals surface area contributed by atoms with Gasteiger partial charge in [0.05, 0.1) is 13.2 Å². The Labute approximate surface area is 93.8 Å². The number of ether oxygens (including phenoxy) is 2. The molecule has 0 atom stereocenters. The molecule has 0 saturated carbocycles. The average molecular weight is 230 g/mol. The molecule has 0 bridgehead atoms. The van der Waals surface area contributed by atoms with E-state index in [4.69, 9.17) is 9.47 Å². The van der Waals surface area contributed by atoms with E-state index in [-0.39, 0.29) is 6.10 Å². The molecule has 0 heterocycles. The first kappa shape index (κ1) is 11.6. The van der Waals surface area contributed by atoms with E-state index < -0.39 is 0 Å². The van der Waals surface area contributed by atoms with E-state index in [1.165, 1.54) is 10.8 Å². The van der Waals surface area contributed by atoms with Crippen LogP contribution in [0.25, 0.3) is 0 Å². The van der Waals surface area contributed by atoms with E-state index in [0.717, 1.165) is 16.4 Å². The molecule has 2 nitrogen and oxygen atoms in total. The Morgan fingerprint density at radius 2 is 2.00 bits per heavy atom. The summed E-state index contributed by atoms with van der Waals surface area (Å²) in [5.74, 6) is 1.52. The summed E-state index contributed by atoms with van der Waals surface area (Å²) in [6.45, 7) is 3.97. The van der Waals surface area contributed by atoms with Crippen molar-refractivity contribution < 1.29 is 9.47 Å². The third-order valence-electron chi connectivity index (χ3n) is 1.60. The second-order valence-corrected chi connectivity index (χ2v) is 4.27. The van der Waals surface area contributed by atoms with Gasteiger partial charge in [0.2, 0.25) is 0 Å². The van der Waals surface area contributed by atoms with Crippen molar-refractivity contribution in [3.05, 3.63) is 18.2 Å². The normalized spacial score (nSPS) is 10.4. The van der Waals surface area contributed by atoms with Gasteiger partial charge in [-0.05, 0) is 32.0 Å². The minimum absolute atomic E-state index is 0.151. The lowest BCUT2D eigenvalue weighted by Gasteiger charge is -2.13. The van der Waals surface area contributed by atoms with E-state index in [1.54, 1.807) is 7.11 Å². The van der Waals surface area contributed by atoms with Gasteiger partial charge >= 0.3 is 0 Å². The molecule has 1 aromatic carbocycles. The molecule has 0 aliphatic heterocycles. The van der Waals surface area contributed by atoms with E-state index in [0.29, 0.717) is 0 Å². The van der Waals surface area contributed by atoms with Gasteiger partial charge in [-0.3, -0.25) is 0 Å². The maximum atomic E-state index is 5.58. The molecule has 0 radical (unpaired) electrons. The van der Waals surface area contributed by atoms with Gasteiger partial charge in [-0.1, -0.05) is 10.8 Å². The number of hydrogen-bond acceptors (Lipinski definition) is 4. The monoisotopic (exact) mass is 230 g/mol. The van der Waals surface area contributed by atoms with Gasteiger partial charge in [-0.25, -0.2) is 0 Å². The summed E-state index contributed by atoms with van der Waals surface area (Å²) in [5.41, 5.74) is 0. The lowest BCUT2D eigenvalue weighted by atomic mass is 10.3. The van der Waals surface area contributed by atoms with Crippen LogP contribution in [0.15, 0.2) is 23.1 Å². The van der Waals surface area contributed by atoms with Crippen LogP contribution < -0.4 is 9.47 Å². The van der Waals surface area contributed by atoms with Crippen molar-refractivity contribution in [2.24, 2.45) is 0 Å². The molecule has 0 unspecified atom stereocenters. The van der Waals surface area contributed by atoms with Crippen molar-refractivity contribution in [1.29, 1.82) is 0 Å². The third-order valence-corrected chi connectivity index (χ3v) is 2.70. The highest BCUT2D eigenvalue weighted by Gasteiger charge is 2.06.